The predicted molar refractivity (Wildman–Crippen MR) is 112 cm³/mol. The quantitative estimate of drug-likeness (QED) is 0.429. The fraction of sp³-hybridized carbons (Fsp3) is 0.143. The number of hydrogen-bond acceptors (Lipinski definition) is 6. The molecule has 29 heavy (non-hydrogen) atoms. The third-order valence-electron chi connectivity index (χ3n) is 4.71. The second-order valence-corrected chi connectivity index (χ2v) is 7.64. The van der Waals surface area contributed by atoms with Crippen molar-refractivity contribution < 1.29 is 4.52 Å². The van der Waals surface area contributed by atoms with Crippen LogP contribution in [-0.2, 0) is 5.75 Å². The molecule has 0 saturated carbocycles. The van der Waals surface area contributed by atoms with E-state index in [0.717, 1.165) is 38.7 Å². The Labute approximate surface area is 171 Å². The number of H-pyrrole nitrogens is 1. The molecule has 5 aromatic rings. The Morgan fingerprint density at radius 2 is 1.86 bits per heavy atom. The number of rotatable bonds is 5. The van der Waals surface area contributed by atoms with Crippen molar-refractivity contribution in [3.63, 3.8) is 0 Å². The van der Waals surface area contributed by atoms with Gasteiger partial charge in [-0.25, -0.2) is 0 Å². The minimum atomic E-state index is 0.527. The van der Waals surface area contributed by atoms with E-state index in [4.69, 9.17) is 4.52 Å². The molecular weight excluding hydrogens is 384 g/mol. The lowest BCUT2D eigenvalue weighted by atomic mass is 10.1. The number of thioether (sulfide) groups is 1. The molecule has 0 fully saturated rings. The smallest absolute Gasteiger partial charge is 0.237 e. The van der Waals surface area contributed by atoms with E-state index < -0.39 is 0 Å². The van der Waals surface area contributed by atoms with Gasteiger partial charge >= 0.3 is 0 Å². The summed E-state index contributed by atoms with van der Waals surface area (Å²) in [6.45, 7) is 3.90. The first kappa shape index (κ1) is 17.7. The molecule has 5 rings (SSSR count). The Morgan fingerprint density at radius 3 is 2.69 bits per heavy atom. The first-order valence-electron chi connectivity index (χ1n) is 9.20. The maximum atomic E-state index is 5.25. The lowest BCUT2D eigenvalue weighted by Gasteiger charge is -2.12. The number of nitrogens with one attached hydrogen (secondary N) is 1. The van der Waals surface area contributed by atoms with Gasteiger partial charge in [0.25, 0.3) is 0 Å². The molecule has 0 aliphatic carbocycles. The minimum absolute atomic E-state index is 0.527. The Kier molecular flexibility index (Phi) is 4.40. The molecule has 0 radical (unpaired) electrons. The lowest BCUT2D eigenvalue weighted by Crippen LogP contribution is -2.01. The second kappa shape index (κ2) is 7.21. The summed E-state index contributed by atoms with van der Waals surface area (Å²) in [4.78, 5) is 7.61. The Balaban J connectivity index is 1.63. The highest BCUT2D eigenvalue weighted by molar-refractivity contribution is 7.98. The highest BCUT2D eigenvalue weighted by Crippen LogP contribution is 2.34. The summed E-state index contributed by atoms with van der Waals surface area (Å²) < 4.78 is 7.34. The maximum absolute atomic E-state index is 5.25. The molecule has 0 saturated heterocycles. The summed E-state index contributed by atoms with van der Waals surface area (Å²) in [5.74, 6) is 2.51. The van der Waals surface area contributed by atoms with Crippen molar-refractivity contribution in [3.8, 4) is 17.1 Å². The van der Waals surface area contributed by atoms with E-state index in [-0.39, 0.29) is 0 Å². The van der Waals surface area contributed by atoms with Crippen LogP contribution in [0.15, 0.2) is 64.4 Å². The van der Waals surface area contributed by atoms with Gasteiger partial charge in [-0.2, -0.15) is 4.98 Å². The van der Waals surface area contributed by atoms with Crippen LogP contribution in [0.1, 0.15) is 17.3 Å². The Hall–Kier alpha value is -3.39. The fourth-order valence-electron chi connectivity index (χ4n) is 3.35. The molecule has 3 aromatic heterocycles. The van der Waals surface area contributed by atoms with Crippen LogP contribution in [0.2, 0.25) is 0 Å². The van der Waals surface area contributed by atoms with Crippen LogP contribution in [0.3, 0.4) is 0 Å². The summed E-state index contributed by atoms with van der Waals surface area (Å²) >= 11 is 1.52. The van der Waals surface area contributed by atoms with Gasteiger partial charge in [-0.3, -0.25) is 4.57 Å². The third-order valence-corrected chi connectivity index (χ3v) is 5.63. The van der Waals surface area contributed by atoms with Crippen LogP contribution in [0, 0.1) is 13.8 Å². The second-order valence-electron chi connectivity index (χ2n) is 6.70. The van der Waals surface area contributed by atoms with Crippen LogP contribution in [0.5, 0.6) is 0 Å². The van der Waals surface area contributed by atoms with Crippen LogP contribution >= 0.6 is 11.8 Å². The molecular formula is C21H18N6OS. The molecule has 0 spiro atoms. The topological polar surface area (TPSA) is 85.4 Å². The number of aryl methyl sites for hydroxylation is 2. The number of nitrogens with zero attached hydrogens (tertiary/aromatic N) is 5. The predicted octanol–water partition coefficient (Wildman–Crippen LogP) is 4.71. The van der Waals surface area contributed by atoms with E-state index in [1.807, 2.05) is 37.4 Å². The number of aromatic nitrogens is 6. The van der Waals surface area contributed by atoms with Crippen molar-refractivity contribution in [2.75, 3.05) is 0 Å². The molecule has 0 aliphatic rings. The van der Waals surface area contributed by atoms with Crippen LogP contribution in [-0.4, -0.2) is 29.9 Å². The van der Waals surface area contributed by atoms with Crippen molar-refractivity contribution in [2.24, 2.45) is 0 Å². The zero-order chi connectivity index (χ0) is 19.8. The van der Waals surface area contributed by atoms with Gasteiger partial charge in [0, 0.05) is 22.7 Å². The van der Waals surface area contributed by atoms with Gasteiger partial charge in [0.2, 0.25) is 5.89 Å². The van der Waals surface area contributed by atoms with E-state index in [2.05, 4.69) is 61.1 Å². The van der Waals surface area contributed by atoms with Crippen molar-refractivity contribution in [2.45, 2.75) is 24.8 Å². The largest absolute Gasteiger partial charge is 0.360 e. The summed E-state index contributed by atoms with van der Waals surface area (Å²) in [6.07, 6.45) is 1.99. The average Bonchev–Trinajstić information content (AvgIpc) is 3.44. The van der Waals surface area contributed by atoms with Crippen molar-refractivity contribution in [3.05, 3.63) is 72.0 Å². The van der Waals surface area contributed by atoms with Gasteiger partial charge in [0.1, 0.15) is 0 Å². The maximum Gasteiger partial charge on any atom is 0.237 e. The van der Waals surface area contributed by atoms with Crippen LogP contribution < -0.4 is 0 Å². The molecule has 8 heteroatoms. The minimum Gasteiger partial charge on any atom is -0.360 e. The highest BCUT2D eigenvalue weighted by atomic mass is 32.2. The van der Waals surface area contributed by atoms with E-state index in [1.165, 1.54) is 11.8 Å². The van der Waals surface area contributed by atoms with E-state index in [1.54, 1.807) is 0 Å². The molecule has 0 atom stereocenters. The Bertz CT molecular complexity index is 1300. The summed E-state index contributed by atoms with van der Waals surface area (Å²) in [7, 11) is 0. The molecule has 0 unspecified atom stereocenters. The Morgan fingerprint density at radius 1 is 1.03 bits per heavy atom. The van der Waals surface area contributed by atoms with Crippen molar-refractivity contribution >= 4 is 22.7 Å². The molecule has 7 nitrogen and oxygen atoms in total. The van der Waals surface area contributed by atoms with Crippen molar-refractivity contribution in [1.82, 2.24) is 29.9 Å². The normalized spacial score (nSPS) is 11.4. The number of fused-ring (bicyclic) bond motifs is 1. The molecule has 0 aliphatic heterocycles. The zero-order valence-corrected chi connectivity index (χ0v) is 16.8. The van der Waals surface area contributed by atoms with Crippen LogP contribution in [0.25, 0.3) is 28.0 Å². The first-order valence-corrected chi connectivity index (χ1v) is 10.2. The van der Waals surface area contributed by atoms with Gasteiger partial charge in [-0.15, -0.1) is 10.2 Å². The third kappa shape index (κ3) is 3.21. The summed E-state index contributed by atoms with van der Waals surface area (Å²) in [6, 6.07) is 16.4. The number of aromatic amines is 1. The average molecular weight is 402 g/mol. The van der Waals surface area contributed by atoms with Crippen LogP contribution in [0.4, 0.5) is 0 Å². The van der Waals surface area contributed by atoms with E-state index >= 15 is 0 Å². The SMILES string of the molecule is Cc1noc(CSc2nnc(-c3c[nH]c4ccccc34)n2-c2ccccc2C)n1. The highest BCUT2D eigenvalue weighted by Gasteiger charge is 2.20. The van der Waals surface area contributed by atoms with E-state index in [9.17, 15) is 0 Å². The molecule has 0 amide bonds. The standard InChI is InChI=1S/C21H18N6OS/c1-13-7-3-6-10-18(13)27-20(16-11-22-17-9-5-4-8-15(16)17)24-25-21(27)29-12-19-23-14(2)26-28-19/h3-11,22H,12H2,1-2H3. The summed E-state index contributed by atoms with van der Waals surface area (Å²) in [5, 5.41) is 14.8. The molecule has 144 valence electrons. The van der Waals surface area contributed by atoms with Gasteiger partial charge in [0.05, 0.1) is 11.4 Å². The molecule has 1 N–H and O–H groups in total. The van der Waals surface area contributed by atoms with Gasteiger partial charge in [-0.1, -0.05) is 53.3 Å². The molecule has 0 bridgehead atoms. The van der Waals surface area contributed by atoms with Gasteiger partial charge in [-0.05, 0) is 31.5 Å². The van der Waals surface area contributed by atoms with Crippen molar-refractivity contribution in [1.29, 1.82) is 0 Å². The monoisotopic (exact) mass is 402 g/mol. The molecule has 3 heterocycles. The number of para-hydroxylation sites is 2. The number of benzene rings is 2. The number of hydrogen-bond donors (Lipinski definition) is 1. The van der Waals surface area contributed by atoms with E-state index in [0.29, 0.717) is 17.5 Å². The lowest BCUT2D eigenvalue weighted by molar-refractivity contribution is 0.387. The first-order chi connectivity index (χ1) is 14.2. The molecule has 2 aromatic carbocycles. The zero-order valence-electron chi connectivity index (χ0n) is 16.0. The summed E-state index contributed by atoms with van der Waals surface area (Å²) in [5.41, 5.74) is 4.26. The van der Waals surface area contributed by atoms with Gasteiger partial charge in [0.15, 0.2) is 16.8 Å². The fourth-order valence-corrected chi connectivity index (χ4v) is 4.13. The van der Waals surface area contributed by atoms with Gasteiger partial charge < -0.3 is 9.51 Å².